The molecule has 0 saturated heterocycles. The van der Waals surface area contributed by atoms with Gasteiger partial charge in [0.25, 0.3) is 5.91 Å². The molecular formula is C22H15F2N3O. The largest absolute Gasteiger partial charge is 0.307 e. The summed E-state index contributed by atoms with van der Waals surface area (Å²) in [7, 11) is 0. The van der Waals surface area contributed by atoms with E-state index < -0.39 is 11.6 Å². The summed E-state index contributed by atoms with van der Waals surface area (Å²) in [6, 6.07) is 14.0. The van der Waals surface area contributed by atoms with E-state index in [-0.39, 0.29) is 23.0 Å². The second-order valence-corrected chi connectivity index (χ2v) is 6.35. The minimum absolute atomic E-state index is 0.151. The molecule has 1 amide bonds. The average molecular weight is 375 g/mol. The first-order chi connectivity index (χ1) is 13.5. The summed E-state index contributed by atoms with van der Waals surface area (Å²) in [6.07, 6.45) is 3.37. The number of pyridine rings is 2. The number of carbonyl (C=O) groups is 1. The maximum atomic E-state index is 14.2. The van der Waals surface area contributed by atoms with Crippen LogP contribution in [0.25, 0.3) is 22.0 Å². The predicted octanol–water partition coefficient (Wildman–Crippen LogP) is 5.14. The van der Waals surface area contributed by atoms with Gasteiger partial charge in [-0.2, -0.15) is 0 Å². The Labute approximate surface area is 159 Å². The Morgan fingerprint density at radius 2 is 1.75 bits per heavy atom. The van der Waals surface area contributed by atoms with E-state index in [4.69, 9.17) is 0 Å². The van der Waals surface area contributed by atoms with Gasteiger partial charge in [-0.25, -0.2) is 13.8 Å². The molecule has 0 saturated carbocycles. The van der Waals surface area contributed by atoms with Crippen LogP contribution < -0.4 is 5.32 Å². The standard InChI is InChI=1S/C22H15F2N3O/c1-13-5-8-19(26-21(13)20-17(23)3-2-4-18(20)24)27-22(28)15-6-7-16-12-25-10-9-14(16)11-15/h2-12H,1H3,(H,26,27,28). The van der Waals surface area contributed by atoms with E-state index in [1.807, 2.05) is 6.07 Å². The van der Waals surface area contributed by atoms with Crippen molar-refractivity contribution in [3.63, 3.8) is 0 Å². The molecule has 0 unspecified atom stereocenters. The lowest BCUT2D eigenvalue weighted by Gasteiger charge is -2.11. The number of nitrogens with zero attached hydrogens (tertiary/aromatic N) is 2. The number of nitrogens with one attached hydrogen (secondary N) is 1. The van der Waals surface area contributed by atoms with Crippen LogP contribution in [0.5, 0.6) is 0 Å². The number of carbonyl (C=O) groups excluding carboxylic acids is 1. The van der Waals surface area contributed by atoms with Crippen molar-refractivity contribution >= 4 is 22.5 Å². The number of aromatic nitrogens is 2. The maximum Gasteiger partial charge on any atom is 0.256 e. The van der Waals surface area contributed by atoms with Crippen molar-refractivity contribution in [3.05, 3.63) is 89.8 Å². The second-order valence-electron chi connectivity index (χ2n) is 6.35. The molecule has 2 aromatic carbocycles. The van der Waals surface area contributed by atoms with Gasteiger partial charge in [0.15, 0.2) is 0 Å². The highest BCUT2D eigenvalue weighted by Gasteiger charge is 2.16. The molecule has 0 spiro atoms. The summed E-state index contributed by atoms with van der Waals surface area (Å²) < 4.78 is 28.3. The highest BCUT2D eigenvalue weighted by atomic mass is 19.1. The Hall–Kier alpha value is -3.67. The number of fused-ring (bicyclic) bond motifs is 1. The van der Waals surface area contributed by atoms with Crippen molar-refractivity contribution in [3.8, 4) is 11.3 Å². The molecule has 0 aliphatic heterocycles. The zero-order chi connectivity index (χ0) is 19.7. The fourth-order valence-corrected chi connectivity index (χ4v) is 2.99. The number of aryl methyl sites for hydroxylation is 1. The minimum atomic E-state index is -0.706. The smallest absolute Gasteiger partial charge is 0.256 e. The van der Waals surface area contributed by atoms with Gasteiger partial charge in [0, 0.05) is 23.3 Å². The van der Waals surface area contributed by atoms with Crippen LogP contribution in [0.4, 0.5) is 14.6 Å². The molecule has 4 aromatic rings. The first-order valence-corrected chi connectivity index (χ1v) is 8.60. The summed E-state index contributed by atoms with van der Waals surface area (Å²) >= 11 is 0. The summed E-state index contributed by atoms with van der Waals surface area (Å²) in [6.45, 7) is 1.71. The Kier molecular flexibility index (Phi) is 4.53. The summed E-state index contributed by atoms with van der Waals surface area (Å²) in [5.41, 5.74) is 0.979. The third-order valence-corrected chi connectivity index (χ3v) is 4.44. The predicted molar refractivity (Wildman–Crippen MR) is 104 cm³/mol. The van der Waals surface area contributed by atoms with Crippen molar-refractivity contribution in [2.75, 3.05) is 5.32 Å². The average Bonchev–Trinajstić information content (AvgIpc) is 2.69. The van der Waals surface area contributed by atoms with Gasteiger partial charge in [-0.1, -0.05) is 18.2 Å². The zero-order valence-electron chi connectivity index (χ0n) is 14.9. The number of amides is 1. The monoisotopic (exact) mass is 375 g/mol. The molecule has 2 heterocycles. The van der Waals surface area contributed by atoms with Crippen LogP contribution in [0, 0.1) is 18.6 Å². The molecule has 2 aromatic heterocycles. The lowest BCUT2D eigenvalue weighted by molar-refractivity contribution is 0.102. The van der Waals surface area contributed by atoms with Crippen LogP contribution in [-0.4, -0.2) is 15.9 Å². The number of hydrogen-bond acceptors (Lipinski definition) is 3. The Balaban J connectivity index is 1.67. The van der Waals surface area contributed by atoms with Crippen LogP contribution >= 0.6 is 0 Å². The summed E-state index contributed by atoms with van der Waals surface area (Å²) in [5, 5.41) is 4.49. The van der Waals surface area contributed by atoms with Crippen LogP contribution in [0.1, 0.15) is 15.9 Å². The van der Waals surface area contributed by atoms with Gasteiger partial charge in [-0.3, -0.25) is 9.78 Å². The summed E-state index contributed by atoms with van der Waals surface area (Å²) in [4.78, 5) is 20.9. The normalized spacial score (nSPS) is 10.8. The molecule has 4 rings (SSSR count). The molecule has 0 aliphatic rings. The molecular weight excluding hydrogens is 360 g/mol. The van der Waals surface area contributed by atoms with E-state index in [1.165, 1.54) is 18.2 Å². The van der Waals surface area contributed by atoms with Crippen LogP contribution in [0.2, 0.25) is 0 Å². The molecule has 0 fully saturated rings. The number of rotatable bonds is 3. The first kappa shape index (κ1) is 17.7. The van der Waals surface area contributed by atoms with Crippen molar-refractivity contribution in [2.45, 2.75) is 6.92 Å². The Bertz CT molecular complexity index is 1190. The fourth-order valence-electron chi connectivity index (χ4n) is 2.99. The number of halogens is 2. The zero-order valence-corrected chi connectivity index (χ0v) is 14.9. The van der Waals surface area contributed by atoms with Gasteiger partial charge in [0.2, 0.25) is 0 Å². The molecule has 0 bridgehead atoms. The molecule has 1 N–H and O–H groups in total. The highest BCUT2D eigenvalue weighted by molar-refractivity contribution is 6.06. The topological polar surface area (TPSA) is 54.9 Å². The number of hydrogen-bond donors (Lipinski definition) is 1. The third kappa shape index (κ3) is 3.32. The lowest BCUT2D eigenvalue weighted by atomic mass is 10.1. The van der Waals surface area contributed by atoms with E-state index in [2.05, 4.69) is 15.3 Å². The van der Waals surface area contributed by atoms with E-state index in [0.29, 0.717) is 11.1 Å². The first-order valence-electron chi connectivity index (χ1n) is 8.60. The van der Waals surface area contributed by atoms with Gasteiger partial charge in [-0.15, -0.1) is 0 Å². The van der Waals surface area contributed by atoms with Gasteiger partial charge in [0.05, 0.1) is 11.3 Å². The van der Waals surface area contributed by atoms with Gasteiger partial charge >= 0.3 is 0 Å². The summed E-state index contributed by atoms with van der Waals surface area (Å²) in [5.74, 6) is -1.57. The van der Waals surface area contributed by atoms with Gasteiger partial charge in [-0.05, 0) is 54.3 Å². The Morgan fingerprint density at radius 3 is 2.54 bits per heavy atom. The third-order valence-electron chi connectivity index (χ3n) is 4.44. The molecule has 0 atom stereocenters. The van der Waals surface area contributed by atoms with Gasteiger partial charge < -0.3 is 5.32 Å². The lowest BCUT2D eigenvalue weighted by Crippen LogP contribution is -2.13. The van der Waals surface area contributed by atoms with E-state index >= 15 is 0 Å². The van der Waals surface area contributed by atoms with Gasteiger partial charge in [0.1, 0.15) is 17.5 Å². The van der Waals surface area contributed by atoms with Crippen molar-refractivity contribution in [1.82, 2.24) is 9.97 Å². The van der Waals surface area contributed by atoms with Crippen molar-refractivity contribution < 1.29 is 13.6 Å². The maximum absolute atomic E-state index is 14.2. The molecule has 0 aliphatic carbocycles. The fraction of sp³-hybridized carbons (Fsp3) is 0.0455. The van der Waals surface area contributed by atoms with Crippen molar-refractivity contribution in [1.29, 1.82) is 0 Å². The van der Waals surface area contributed by atoms with Crippen LogP contribution in [0.15, 0.2) is 67.0 Å². The molecule has 6 heteroatoms. The van der Waals surface area contributed by atoms with Crippen LogP contribution in [-0.2, 0) is 0 Å². The molecule has 138 valence electrons. The SMILES string of the molecule is Cc1ccc(NC(=O)c2ccc3cnccc3c2)nc1-c1c(F)cccc1F. The van der Waals surface area contributed by atoms with E-state index in [0.717, 1.165) is 10.8 Å². The van der Waals surface area contributed by atoms with Crippen molar-refractivity contribution in [2.24, 2.45) is 0 Å². The number of anilines is 1. The Morgan fingerprint density at radius 1 is 0.964 bits per heavy atom. The highest BCUT2D eigenvalue weighted by Crippen LogP contribution is 2.28. The van der Waals surface area contributed by atoms with E-state index in [1.54, 1.807) is 49.6 Å². The van der Waals surface area contributed by atoms with E-state index in [9.17, 15) is 13.6 Å². The van der Waals surface area contributed by atoms with Crippen LogP contribution in [0.3, 0.4) is 0 Å². The molecule has 28 heavy (non-hydrogen) atoms. The minimum Gasteiger partial charge on any atom is -0.307 e. The second kappa shape index (κ2) is 7.15. The quantitative estimate of drug-likeness (QED) is 0.540. The molecule has 4 nitrogen and oxygen atoms in total. The number of benzene rings is 2. The molecule has 0 radical (unpaired) electrons.